The van der Waals surface area contributed by atoms with Crippen LogP contribution in [-0.4, -0.2) is 8.42 Å². The van der Waals surface area contributed by atoms with E-state index in [2.05, 4.69) is 15.9 Å². The number of ether oxygens (including phenoxy) is 1. The molecule has 0 radical (unpaired) electrons. The molecule has 0 saturated heterocycles. The summed E-state index contributed by atoms with van der Waals surface area (Å²) >= 11 is 3.07. The molecule has 0 aliphatic rings. The van der Waals surface area contributed by atoms with Crippen molar-refractivity contribution in [1.29, 1.82) is 0 Å². The third-order valence-electron chi connectivity index (χ3n) is 2.21. The molecule has 19 heavy (non-hydrogen) atoms. The van der Waals surface area contributed by atoms with Gasteiger partial charge in [0.1, 0.15) is 17.3 Å². The fraction of sp³-hybridized carbons (Fsp3) is 0. The number of hydrogen-bond acceptors (Lipinski definition) is 3. The van der Waals surface area contributed by atoms with Gasteiger partial charge in [0.05, 0.1) is 9.37 Å². The van der Waals surface area contributed by atoms with Gasteiger partial charge in [-0.2, -0.15) is 8.42 Å². The lowest BCUT2D eigenvalue weighted by Gasteiger charge is -2.08. The largest absolute Gasteiger partial charge is 0.456 e. The van der Waals surface area contributed by atoms with E-state index < -0.39 is 20.9 Å². The van der Waals surface area contributed by atoms with E-state index in [4.69, 9.17) is 4.74 Å². The van der Waals surface area contributed by atoms with Gasteiger partial charge in [0.2, 0.25) is 0 Å². The first-order valence-electron chi connectivity index (χ1n) is 5.04. The Kier molecular flexibility index (Phi) is 3.86. The van der Waals surface area contributed by atoms with E-state index in [1.54, 1.807) is 0 Å². The van der Waals surface area contributed by atoms with E-state index in [0.717, 1.165) is 12.1 Å². The molecule has 7 heteroatoms. The monoisotopic (exact) mass is 348 g/mol. The highest BCUT2D eigenvalue weighted by molar-refractivity contribution is 9.10. The smallest absolute Gasteiger partial charge is 0.332 e. The van der Waals surface area contributed by atoms with Crippen molar-refractivity contribution < 1.29 is 21.4 Å². The molecule has 0 atom stereocenters. The van der Waals surface area contributed by atoms with Gasteiger partial charge in [-0.3, -0.25) is 0 Å². The summed E-state index contributed by atoms with van der Waals surface area (Å²) in [4.78, 5) is -0.481. The Balaban J connectivity index is 2.32. The Labute approximate surface area is 117 Å². The van der Waals surface area contributed by atoms with Crippen LogP contribution in [0.15, 0.2) is 51.8 Å². The highest BCUT2D eigenvalue weighted by Gasteiger charge is 2.14. The lowest BCUT2D eigenvalue weighted by molar-refractivity contribution is 0.473. The fourth-order valence-corrected chi connectivity index (χ4v) is 2.47. The maximum atomic E-state index is 13.0. The molecule has 0 saturated carbocycles. The van der Waals surface area contributed by atoms with Crippen LogP contribution >= 0.6 is 15.9 Å². The lowest BCUT2D eigenvalue weighted by atomic mass is 10.3. The molecule has 0 aliphatic heterocycles. The van der Waals surface area contributed by atoms with E-state index in [1.807, 2.05) is 0 Å². The van der Waals surface area contributed by atoms with Crippen molar-refractivity contribution in [2.75, 3.05) is 0 Å². The zero-order chi connectivity index (χ0) is 14.0. The Morgan fingerprint density at radius 3 is 2.42 bits per heavy atom. The van der Waals surface area contributed by atoms with Crippen LogP contribution in [0.3, 0.4) is 0 Å². The maximum Gasteiger partial charge on any atom is 0.332 e. The van der Waals surface area contributed by atoms with Gasteiger partial charge in [0, 0.05) is 6.07 Å². The average molecular weight is 349 g/mol. The minimum absolute atomic E-state index is 0.246. The summed E-state index contributed by atoms with van der Waals surface area (Å²) < 4.78 is 52.8. The molecule has 0 unspecified atom stereocenters. The van der Waals surface area contributed by atoms with Crippen molar-refractivity contribution in [3.8, 4) is 11.5 Å². The third-order valence-corrected chi connectivity index (χ3v) is 3.65. The highest BCUT2D eigenvalue weighted by Crippen LogP contribution is 2.32. The first kappa shape index (κ1) is 14.0. The molecule has 0 aromatic heterocycles. The van der Waals surface area contributed by atoms with E-state index in [9.17, 15) is 16.7 Å². The molecule has 3 nitrogen and oxygen atoms in total. The lowest BCUT2D eigenvalue weighted by Crippen LogP contribution is -1.93. The normalized spacial score (nSPS) is 11.3. The molecule has 2 aromatic carbocycles. The Bertz CT molecular complexity index is 717. The van der Waals surface area contributed by atoms with Gasteiger partial charge in [-0.05, 0) is 46.3 Å². The van der Waals surface area contributed by atoms with Crippen LogP contribution in [0.1, 0.15) is 0 Å². The SMILES string of the molecule is O=S(=O)(F)c1ccc(Oc2cccc(F)c2)c(Br)c1. The number of rotatable bonds is 3. The summed E-state index contributed by atoms with van der Waals surface area (Å²) in [5.74, 6) is 0.0335. The van der Waals surface area contributed by atoms with Gasteiger partial charge in [0.25, 0.3) is 0 Å². The van der Waals surface area contributed by atoms with Crippen molar-refractivity contribution in [3.05, 3.63) is 52.8 Å². The van der Waals surface area contributed by atoms with Crippen LogP contribution in [0.4, 0.5) is 8.28 Å². The minimum Gasteiger partial charge on any atom is -0.456 e. The van der Waals surface area contributed by atoms with Gasteiger partial charge in [0.15, 0.2) is 0 Å². The van der Waals surface area contributed by atoms with Crippen molar-refractivity contribution in [3.63, 3.8) is 0 Å². The van der Waals surface area contributed by atoms with Crippen LogP contribution < -0.4 is 4.74 Å². The molecule has 0 spiro atoms. The van der Waals surface area contributed by atoms with Crippen LogP contribution in [0, 0.1) is 5.82 Å². The molecular formula is C12H7BrF2O3S. The molecule has 100 valence electrons. The minimum atomic E-state index is -4.77. The van der Waals surface area contributed by atoms with Gasteiger partial charge in [-0.25, -0.2) is 4.39 Å². The number of benzene rings is 2. The first-order valence-corrected chi connectivity index (χ1v) is 7.21. The van der Waals surface area contributed by atoms with E-state index in [0.29, 0.717) is 0 Å². The molecular weight excluding hydrogens is 342 g/mol. The Morgan fingerprint density at radius 2 is 1.84 bits per heavy atom. The summed E-state index contributed by atoms with van der Waals surface area (Å²) in [5, 5.41) is 0. The fourth-order valence-electron chi connectivity index (χ4n) is 1.37. The summed E-state index contributed by atoms with van der Waals surface area (Å²) in [6.45, 7) is 0. The molecule has 0 aliphatic carbocycles. The number of hydrogen-bond donors (Lipinski definition) is 0. The summed E-state index contributed by atoms with van der Waals surface area (Å²) in [6, 6.07) is 8.86. The Morgan fingerprint density at radius 1 is 1.11 bits per heavy atom. The third kappa shape index (κ3) is 3.51. The van der Waals surface area contributed by atoms with Crippen molar-refractivity contribution >= 4 is 26.2 Å². The van der Waals surface area contributed by atoms with E-state index in [-0.39, 0.29) is 16.0 Å². The van der Waals surface area contributed by atoms with E-state index >= 15 is 0 Å². The van der Waals surface area contributed by atoms with Gasteiger partial charge >= 0.3 is 10.2 Å². The van der Waals surface area contributed by atoms with Crippen molar-refractivity contribution in [1.82, 2.24) is 0 Å². The van der Waals surface area contributed by atoms with Crippen LogP contribution in [0.2, 0.25) is 0 Å². The molecule has 0 amide bonds. The molecule has 0 N–H and O–H groups in total. The van der Waals surface area contributed by atoms with Gasteiger partial charge in [-0.1, -0.05) is 6.07 Å². The van der Waals surface area contributed by atoms with Crippen LogP contribution in [0.5, 0.6) is 11.5 Å². The summed E-state index contributed by atoms with van der Waals surface area (Å²) in [6.07, 6.45) is 0. The predicted octanol–water partition coefficient (Wildman–Crippen LogP) is 4.04. The van der Waals surface area contributed by atoms with Crippen LogP contribution in [0.25, 0.3) is 0 Å². The second-order valence-electron chi connectivity index (χ2n) is 3.59. The Hall–Kier alpha value is -1.47. The first-order chi connectivity index (χ1) is 8.86. The van der Waals surface area contributed by atoms with Gasteiger partial charge < -0.3 is 4.74 Å². The average Bonchev–Trinajstić information content (AvgIpc) is 2.30. The van der Waals surface area contributed by atoms with E-state index in [1.165, 1.54) is 30.3 Å². The van der Waals surface area contributed by atoms with Crippen molar-refractivity contribution in [2.24, 2.45) is 0 Å². The molecule has 0 bridgehead atoms. The second-order valence-corrected chi connectivity index (χ2v) is 5.79. The molecule has 2 rings (SSSR count). The van der Waals surface area contributed by atoms with Gasteiger partial charge in [-0.15, -0.1) is 3.89 Å². The van der Waals surface area contributed by atoms with Crippen LogP contribution in [-0.2, 0) is 10.2 Å². The topological polar surface area (TPSA) is 43.4 Å². The van der Waals surface area contributed by atoms with Crippen molar-refractivity contribution in [2.45, 2.75) is 4.90 Å². The predicted molar refractivity (Wildman–Crippen MR) is 68.9 cm³/mol. The summed E-state index contributed by atoms with van der Waals surface area (Å²) in [5.41, 5.74) is 0. The molecule has 0 heterocycles. The summed E-state index contributed by atoms with van der Waals surface area (Å²) in [7, 11) is -4.77. The standard InChI is InChI=1S/C12H7BrF2O3S/c13-11-7-10(19(15,16)17)4-5-12(11)18-9-3-1-2-8(14)6-9/h1-7H. The zero-order valence-corrected chi connectivity index (χ0v) is 11.7. The number of halogens is 3. The highest BCUT2D eigenvalue weighted by atomic mass is 79.9. The zero-order valence-electron chi connectivity index (χ0n) is 9.31. The molecule has 2 aromatic rings. The maximum absolute atomic E-state index is 13.0. The quantitative estimate of drug-likeness (QED) is 0.786. The molecule has 0 fully saturated rings. The second kappa shape index (κ2) is 5.26.